The molecule has 0 radical (unpaired) electrons. The lowest BCUT2D eigenvalue weighted by Crippen LogP contribution is -2.10. The highest BCUT2D eigenvalue weighted by Crippen LogP contribution is 2.42. The van der Waals surface area contributed by atoms with Crippen molar-refractivity contribution < 1.29 is 9.84 Å². The second-order valence-corrected chi connectivity index (χ2v) is 3.99. The molecule has 0 saturated carbocycles. The zero-order valence-corrected chi connectivity index (χ0v) is 8.45. The van der Waals surface area contributed by atoms with Gasteiger partial charge in [-0.1, -0.05) is 19.9 Å². The Morgan fingerprint density at radius 3 is 2.86 bits per heavy atom. The molecule has 1 atom stereocenters. The van der Waals surface area contributed by atoms with E-state index < -0.39 is 0 Å². The molecule has 0 fully saturated rings. The van der Waals surface area contributed by atoms with Crippen LogP contribution in [0, 0.1) is 0 Å². The van der Waals surface area contributed by atoms with Crippen LogP contribution in [0.15, 0.2) is 12.1 Å². The van der Waals surface area contributed by atoms with E-state index in [1.807, 2.05) is 6.07 Å². The van der Waals surface area contributed by atoms with E-state index >= 15 is 0 Å². The van der Waals surface area contributed by atoms with Gasteiger partial charge in [0.25, 0.3) is 0 Å². The Balaban J connectivity index is 2.59. The van der Waals surface area contributed by atoms with Crippen molar-refractivity contribution in [3.8, 4) is 11.5 Å². The molecule has 14 heavy (non-hydrogen) atoms. The van der Waals surface area contributed by atoms with E-state index in [-0.39, 0.29) is 11.8 Å². The molecule has 1 heterocycles. The molecular weight excluding hydrogens is 178 g/mol. The van der Waals surface area contributed by atoms with Gasteiger partial charge in [-0.15, -0.1) is 0 Å². The second kappa shape index (κ2) is 3.17. The molecule has 0 saturated heterocycles. The first-order valence-corrected chi connectivity index (χ1v) is 4.85. The number of phenolic OH excluding ortho intramolecular Hbond substituents is 1. The van der Waals surface area contributed by atoms with Gasteiger partial charge in [0, 0.05) is 0 Å². The molecule has 1 aliphatic rings. The first-order valence-electron chi connectivity index (χ1n) is 4.85. The smallest absolute Gasteiger partial charge is 0.131 e. The van der Waals surface area contributed by atoms with Gasteiger partial charge in [-0.05, 0) is 17.5 Å². The summed E-state index contributed by atoms with van der Waals surface area (Å²) in [6.45, 7) is 4.66. The number of benzene rings is 1. The van der Waals surface area contributed by atoms with E-state index in [0.29, 0.717) is 12.5 Å². The number of fused-ring (bicyclic) bond motifs is 1. The van der Waals surface area contributed by atoms with Crippen LogP contribution >= 0.6 is 0 Å². The Morgan fingerprint density at radius 2 is 2.21 bits per heavy atom. The van der Waals surface area contributed by atoms with Gasteiger partial charge in [-0.25, -0.2) is 0 Å². The maximum atomic E-state index is 9.65. The minimum atomic E-state index is -0.191. The average Bonchev–Trinajstić information content (AvgIpc) is 2.49. The van der Waals surface area contributed by atoms with Gasteiger partial charge in [-0.3, -0.25) is 0 Å². The lowest BCUT2D eigenvalue weighted by Gasteiger charge is -2.12. The highest BCUT2D eigenvalue weighted by atomic mass is 16.5. The van der Waals surface area contributed by atoms with Crippen molar-refractivity contribution in [1.82, 2.24) is 0 Å². The Bertz CT molecular complexity index is 361. The molecule has 0 unspecified atom stereocenters. The van der Waals surface area contributed by atoms with Crippen LogP contribution in [-0.2, 0) is 0 Å². The maximum absolute atomic E-state index is 9.65. The van der Waals surface area contributed by atoms with Gasteiger partial charge >= 0.3 is 0 Å². The SMILES string of the molecule is CC(C)c1ccc(O)c2c1OC[C@@H]2N. The van der Waals surface area contributed by atoms with Crippen LogP contribution < -0.4 is 10.5 Å². The fraction of sp³-hybridized carbons (Fsp3) is 0.455. The van der Waals surface area contributed by atoms with Crippen LogP contribution in [0.5, 0.6) is 11.5 Å². The molecule has 0 aliphatic carbocycles. The lowest BCUT2D eigenvalue weighted by atomic mass is 9.97. The molecule has 0 amide bonds. The van der Waals surface area contributed by atoms with Crippen molar-refractivity contribution in [3.05, 3.63) is 23.3 Å². The summed E-state index contributed by atoms with van der Waals surface area (Å²) in [5.41, 5.74) is 7.71. The number of ether oxygens (including phenoxy) is 1. The van der Waals surface area contributed by atoms with E-state index in [2.05, 4.69) is 13.8 Å². The van der Waals surface area contributed by atoms with Gasteiger partial charge < -0.3 is 15.6 Å². The Labute approximate surface area is 83.5 Å². The molecule has 2 rings (SSSR count). The van der Waals surface area contributed by atoms with Gasteiger partial charge in [0.15, 0.2) is 0 Å². The monoisotopic (exact) mass is 193 g/mol. The molecule has 3 nitrogen and oxygen atoms in total. The Kier molecular flexibility index (Phi) is 2.11. The molecule has 0 spiro atoms. The molecule has 0 aromatic heterocycles. The summed E-state index contributed by atoms with van der Waals surface area (Å²) in [6, 6.07) is 3.41. The standard InChI is InChI=1S/C11H15NO2/c1-6(2)7-3-4-9(13)10-8(12)5-14-11(7)10/h3-4,6,8,13H,5,12H2,1-2H3/t8-/m0/s1. The third kappa shape index (κ3) is 1.24. The summed E-state index contributed by atoms with van der Waals surface area (Å²) in [5.74, 6) is 1.41. The predicted molar refractivity (Wildman–Crippen MR) is 54.6 cm³/mol. The van der Waals surface area contributed by atoms with Crippen LogP contribution in [0.25, 0.3) is 0 Å². The van der Waals surface area contributed by atoms with Crippen LogP contribution in [0.1, 0.15) is 36.9 Å². The van der Waals surface area contributed by atoms with Gasteiger partial charge in [0.05, 0.1) is 11.6 Å². The van der Waals surface area contributed by atoms with E-state index in [0.717, 1.165) is 16.9 Å². The zero-order chi connectivity index (χ0) is 10.3. The highest BCUT2D eigenvalue weighted by molar-refractivity contribution is 5.54. The van der Waals surface area contributed by atoms with E-state index in [1.54, 1.807) is 6.07 Å². The molecule has 76 valence electrons. The average molecular weight is 193 g/mol. The topological polar surface area (TPSA) is 55.5 Å². The van der Waals surface area contributed by atoms with Gasteiger partial charge in [0.2, 0.25) is 0 Å². The quantitative estimate of drug-likeness (QED) is 0.716. The first-order chi connectivity index (χ1) is 6.61. The molecule has 0 bridgehead atoms. The fourth-order valence-corrected chi connectivity index (χ4v) is 1.84. The molecule has 1 aromatic carbocycles. The number of aromatic hydroxyl groups is 1. The van der Waals surface area contributed by atoms with E-state index in [1.165, 1.54) is 0 Å². The summed E-state index contributed by atoms with van der Waals surface area (Å²) >= 11 is 0. The second-order valence-electron chi connectivity index (χ2n) is 3.99. The van der Waals surface area contributed by atoms with Crippen LogP contribution in [-0.4, -0.2) is 11.7 Å². The third-order valence-corrected chi connectivity index (χ3v) is 2.60. The summed E-state index contributed by atoms with van der Waals surface area (Å²) in [5, 5.41) is 9.65. The van der Waals surface area contributed by atoms with E-state index in [9.17, 15) is 5.11 Å². The molecule has 1 aromatic rings. The van der Waals surface area contributed by atoms with Crippen molar-refractivity contribution >= 4 is 0 Å². The lowest BCUT2D eigenvalue weighted by molar-refractivity contribution is 0.329. The summed E-state index contributed by atoms with van der Waals surface area (Å²) < 4.78 is 5.50. The minimum Gasteiger partial charge on any atom is -0.507 e. The largest absolute Gasteiger partial charge is 0.507 e. The van der Waals surface area contributed by atoms with Crippen LogP contribution in [0.2, 0.25) is 0 Å². The van der Waals surface area contributed by atoms with Crippen LogP contribution in [0.4, 0.5) is 0 Å². The zero-order valence-electron chi connectivity index (χ0n) is 8.45. The highest BCUT2D eigenvalue weighted by Gasteiger charge is 2.27. The van der Waals surface area contributed by atoms with Crippen molar-refractivity contribution in [1.29, 1.82) is 0 Å². The van der Waals surface area contributed by atoms with Crippen molar-refractivity contribution in [2.75, 3.05) is 6.61 Å². The molecule has 3 heteroatoms. The predicted octanol–water partition coefficient (Wildman–Crippen LogP) is 1.91. The number of nitrogens with two attached hydrogens (primary N) is 1. The van der Waals surface area contributed by atoms with Crippen molar-refractivity contribution in [2.24, 2.45) is 5.73 Å². The van der Waals surface area contributed by atoms with Crippen molar-refractivity contribution in [2.45, 2.75) is 25.8 Å². The molecule has 3 N–H and O–H groups in total. The Morgan fingerprint density at radius 1 is 1.50 bits per heavy atom. The number of hydrogen-bond donors (Lipinski definition) is 2. The maximum Gasteiger partial charge on any atom is 0.131 e. The van der Waals surface area contributed by atoms with Crippen LogP contribution in [0.3, 0.4) is 0 Å². The fourth-order valence-electron chi connectivity index (χ4n) is 1.84. The first kappa shape index (κ1) is 9.34. The third-order valence-electron chi connectivity index (χ3n) is 2.60. The van der Waals surface area contributed by atoms with Gasteiger partial charge in [-0.2, -0.15) is 0 Å². The van der Waals surface area contributed by atoms with Crippen molar-refractivity contribution in [3.63, 3.8) is 0 Å². The van der Waals surface area contributed by atoms with Gasteiger partial charge in [0.1, 0.15) is 18.1 Å². The Hall–Kier alpha value is -1.22. The van der Waals surface area contributed by atoms with E-state index in [4.69, 9.17) is 10.5 Å². The normalized spacial score (nSPS) is 19.6. The molecule has 1 aliphatic heterocycles. The summed E-state index contributed by atoms with van der Waals surface area (Å²) in [6.07, 6.45) is 0. The molecular formula is C11H15NO2. The summed E-state index contributed by atoms with van der Waals surface area (Å²) in [7, 11) is 0. The number of rotatable bonds is 1. The summed E-state index contributed by atoms with van der Waals surface area (Å²) in [4.78, 5) is 0. The number of hydrogen-bond acceptors (Lipinski definition) is 3. The minimum absolute atomic E-state index is 0.191. The number of phenols is 1.